The minimum atomic E-state index is -0.0292. The second-order valence-electron chi connectivity index (χ2n) is 8.03. The summed E-state index contributed by atoms with van der Waals surface area (Å²) < 4.78 is 1.72. The van der Waals surface area contributed by atoms with E-state index in [2.05, 4.69) is 31.1 Å². The fourth-order valence-electron chi connectivity index (χ4n) is 3.59. The fraction of sp³-hybridized carbons (Fsp3) is 0.571. The van der Waals surface area contributed by atoms with E-state index in [0.717, 1.165) is 18.8 Å². The van der Waals surface area contributed by atoms with Crippen molar-refractivity contribution in [2.45, 2.75) is 64.2 Å². The highest BCUT2D eigenvalue weighted by Crippen LogP contribution is 2.24. The molecule has 1 aliphatic carbocycles. The van der Waals surface area contributed by atoms with Crippen molar-refractivity contribution in [3.05, 3.63) is 34.6 Å². The van der Waals surface area contributed by atoms with Gasteiger partial charge < -0.3 is 5.32 Å². The molecule has 27 heavy (non-hydrogen) atoms. The number of para-hydroxylation sites is 1. The van der Waals surface area contributed by atoms with Crippen LogP contribution in [0.1, 0.15) is 46.5 Å². The molecule has 1 amide bonds. The van der Waals surface area contributed by atoms with E-state index in [0.29, 0.717) is 28.5 Å². The maximum atomic E-state index is 12.9. The second-order valence-corrected chi connectivity index (χ2v) is 8.98. The maximum Gasteiger partial charge on any atom is 0.262 e. The topological polar surface area (TPSA) is 64.0 Å². The third kappa shape index (κ3) is 5.12. The van der Waals surface area contributed by atoms with Gasteiger partial charge in [0.25, 0.3) is 5.56 Å². The zero-order valence-electron chi connectivity index (χ0n) is 16.4. The van der Waals surface area contributed by atoms with Crippen molar-refractivity contribution in [3.63, 3.8) is 0 Å². The summed E-state index contributed by atoms with van der Waals surface area (Å²) in [6, 6.07) is 7.69. The molecule has 0 atom stereocenters. The Bertz CT molecular complexity index is 854. The maximum absolute atomic E-state index is 12.9. The molecule has 0 bridgehead atoms. The van der Waals surface area contributed by atoms with Crippen molar-refractivity contribution in [3.8, 4) is 0 Å². The average Bonchev–Trinajstić information content (AvgIpc) is 2.64. The number of amides is 1. The lowest BCUT2D eigenvalue weighted by Gasteiger charge is -2.26. The fourth-order valence-corrected chi connectivity index (χ4v) is 4.41. The van der Waals surface area contributed by atoms with E-state index in [1.165, 1.54) is 24.6 Å². The smallest absolute Gasteiger partial charge is 0.262 e. The molecule has 6 heteroatoms. The largest absolute Gasteiger partial charge is 0.353 e. The highest BCUT2D eigenvalue weighted by atomic mass is 32.2. The Morgan fingerprint density at radius 2 is 1.96 bits per heavy atom. The Labute approximate surface area is 164 Å². The molecule has 0 aliphatic heterocycles. The van der Waals surface area contributed by atoms with Crippen LogP contribution in [0.2, 0.25) is 0 Å². The molecule has 3 rings (SSSR count). The molecule has 1 fully saturated rings. The highest BCUT2D eigenvalue weighted by molar-refractivity contribution is 7.99. The summed E-state index contributed by atoms with van der Waals surface area (Å²) in [6.07, 6.45) is 4.48. The Morgan fingerprint density at radius 1 is 1.26 bits per heavy atom. The van der Waals surface area contributed by atoms with Crippen LogP contribution in [0.5, 0.6) is 0 Å². The lowest BCUT2D eigenvalue weighted by atomic mass is 9.87. The SMILES string of the molecule is CC(C)Cn1c(SCC(=O)NC2CCC(C)CC2)nc2ccccc2c1=O. The van der Waals surface area contributed by atoms with Crippen LogP contribution >= 0.6 is 11.8 Å². The first kappa shape index (κ1) is 19.9. The first-order valence-electron chi connectivity index (χ1n) is 9.85. The number of hydrogen-bond acceptors (Lipinski definition) is 4. The number of nitrogens with one attached hydrogen (secondary N) is 1. The lowest BCUT2D eigenvalue weighted by Crippen LogP contribution is -2.38. The van der Waals surface area contributed by atoms with E-state index in [1.807, 2.05) is 24.3 Å². The van der Waals surface area contributed by atoms with Crippen molar-refractivity contribution in [2.75, 3.05) is 5.75 Å². The summed E-state index contributed by atoms with van der Waals surface area (Å²) in [6.45, 7) is 7.02. The third-order valence-electron chi connectivity index (χ3n) is 5.09. The highest BCUT2D eigenvalue weighted by Gasteiger charge is 2.20. The van der Waals surface area contributed by atoms with Crippen LogP contribution in [0, 0.1) is 11.8 Å². The Kier molecular flexibility index (Phi) is 6.58. The van der Waals surface area contributed by atoms with Crippen LogP contribution in [0.3, 0.4) is 0 Å². The molecule has 0 radical (unpaired) electrons. The van der Waals surface area contributed by atoms with Gasteiger partial charge in [-0.3, -0.25) is 14.2 Å². The van der Waals surface area contributed by atoms with Crippen molar-refractivity contribution in [1.29, 1.82) is 0 Å². The monoisotopic (exact) mass is 387 g/mol. The Morgan fingerprint density at radius 3 is 2.67 bits per heavy atom. The van der Waals surface area contributed by atoms with E-state index >= 15 is 0 Å². The van der Waals surface area contributed by atoms with E-state index < -0.39 is 0 Å². The number of benzene rings is 1. The van der Waals surface area contributed by atoms with Crippen LogP contribution < -0.4 is 10.9 Å². The molecule has 1 aromatic heterocycles. The zero-order chi connectivity index (χ0) is 19.4. The van der Waals surface area contributed by atoms with Gasteiger partial charge in [-0.1, -0.05) is 44.7 Å². The van der Waals surface area contributed by atoms with Gasteiger partial charge in [0.05, 0.1) is 16.7 Å². The number of fused-ring (bicyclic) bond motifs is 1. The van der Waals surface area contributed by atoms with E-state index in [4.69, 9.17) is 0 Å². The average molecular weight is 388 g/mol. The first-order chi connectivity index (χ1) is 12.9. The summed E-state index contributed by atoms with van der Waals surface area (Å²) in [4.78, 5) is 30.0. The second kappa shape index (κ2) is 8.91. The van der Waals surface area contributed by atoms with Crippen LogP contribution in [0.4, 0.5) is 0 Å². The van der Waals surface area contributed by atoms with E-state index in [-0.39, 0.29) is 23.3 Å². The van der Waals surface area contributed by atoms with Crippen LogP contribution in [0.15, 0.2) is 34.2 Å². The number of aromatic nitrogens is 2. The minimum Gasteiger partial charge on any atom is -0.353 e. The predicted octanol–water partition coefficient (Wildman–Crippen LogP) is 3.84. The molecule has 0 saturated heterocycles. The van der Waals surface area contributed by atoms with Gasteiger partial charge in [0.15, 0.2) is 5.16 Å². The molecular weight excluding hydrogens is 358 g/mol. The van der Waals surface area contributed by atoms with Gasteiger partial charge in [-0.15, -0.1) is 0 Å². The predicted molar refractivity (Wildman–Crippen MR) is 111 cm³/mol. The summed E-state index contributed by atoms with van der Waals surface area (Å²) in [5.41, 5.74) is 0.658. The first-order valence-corrected chi connectivity index (χ1v) is 10.8. The molecule has 1 N–H and O–H groups in total. The minimum absolute atomic E-state index is 0.0260. The number of carbonyl (C=O) groups excluding carboxylic acids is 1. The normalized spacial score (nSPS) is 20.1. The number of thioether (sulfide) groups is 1. The van der Waals surface area contributed by atoms with E-state index in [9.17, 15) is 9.59 Å². The Hall–Kier alpha value is -1.82. The molecule has 1 aliphatic rings. The lowest BCUT2D eigenvalue weighted by molar-refractivity contribution is -0.119. The van der Waals surface area contributed by atoms with Gasteiger partial charge in [-0.25, -0.2) is 4.98 Å². The molecule has 1 saturated carbocycles. The molecule has 2 aromatic rings. The summed E-state index contributed by atoms with van der Waals surface area (Å²) >= 11 is 1.36. The molecular formula is C21H29N3O2S. The zero-order valence-corrected chi connectivity index (χ0v) is 17.2. The Balaban J connectivity index is 1.73. The summed E-state index contributed by atoms with van der Waals surface area (Å²) in [7, 11) is 0. The molecule has 5 nitrogen and oxygen atoms in total. The van der Waals surface area contributed by atoms with Gasteiger partial charge in [0.1, 0.15) is 0 Å². The standard InChI is InChI=1S/C21H29N3O2S/c1-14(2)12-24-20(26)17-6-4-5-7-18(17)23-21(24)27-13-19(25)22-16-10-8-15(3)9-11-16/h4-7,14-16H,8-13H2,1-3H3,(H,22,25). The summed E-state index contributed by atoms with van der Waals surface area (Å²) in [5, 5.41) is 4.40. The van der Waals surface area contributed by atoms with Crippen molar-refractivity contribution in [2.24, 2.45) is 11.8 Å². The van der Waals surface area contributed by atoms with Crippen LogP contribution in [-0.2, 0) is 11.3 Å². The number of hydrogen-bond donors (Lipinski definition) is 1. The van der Waals surface area contributed by atoms with Crippen molar-refractivity contribution >= 4 is 28.6 Å². The van der Waals surface area contributed by atoms with Gasteiger partial charge in [-0.2, -0.15) is 0 Å². The van der Waals surface area contributed by atoms with Crippen molar-refractivity contribution < 1.29 is 4.79 Å². The third-order valence-corrected chi connectivity index (χ3v) is 6.06. The van der Waals surface area contributed by atoms with Gasteiger partial charge >= 0.3 is 0 Å². The molecule has 0 unspecified atom stereocenters. The molecule has 1 heterocycles. The van der Waals surface area contributed by atoms with Gasteiger partial charge in [-0.05, 0) is 49.7 Å². The van der Waals surface area contributed by atoms with Crippen LogP contribution in [-0.4, -0.2) is 27.3 Å². The molecule has 0 spiro atoms. The van der Waals surface area contributed by atoms with Crippen molar-refractivity contribution in [1.82, 2.24) is 14.9 Å². The number of carbonyl (C=O) groups is 1. The van der Waals surface area contributed by atoms with Gasteiger partial charge in [0.2, 0.25) is 5.91 Å². The van der Waals surface area contributed by atoms with Crippen LogP contribution in [0.25, 0.3) is 10.9 Å². The van der Waals surface area contributed by atoms with Gasteiger partial charge in [0, 0.05) is 12.6 Å². The molecule has 1 aromatic carbocycles. The molecule has 146 valence electrons. The summed E-state index contributed by atoms with van der Waals surface area (Å²) in [5.74, 6) is 1.40. The number of nitrogens with zero attached hydrogens (tertiary/aromatic N) is 2. The quantitative estimate of drug-likeness (QED) is 0.604. The number of rotatable bonds is 6. The van der Waals surface area contributed by atoms with E-state index in [1.54, 1.807) is 4.57 Å².